The van der Waals surface area contributed by atoms with E-state index in [4.69, 9.17) is 9.47 Å². The minimum Gasteiger partial charge on any atom is -0.490 e. The molecule has 0 saturated carbocycles. The second kappa shape index (κ2) is 9.40. The van der Waals surface area contributed by atoms with Gasteiger partial charge in [-0.25, -0.2) is 21.9 Å². The highest BCUT2D eigenvalue weighted by atomic mass is 32.2. The van der Waals surface area contributed by atoms with Crippen LogP contribution in [0.25, 0.3) is 0 Å². The molecule has 7 nitrogen and oxygen atoms in total. The average Bonchev–Trinajstić information content (AvgIpc) is 2.94. The number of carbonyl (C=O) groups is 1. The zero-order chi connectivity index (χ0) is 21.7. The van der Waals surface area contributed by atoms with Crippen LogP contribution in [0, 0.1) is 11.6 Å². The summed E-state index contributed by atoms with van der Waals surface area (Å²) in [5, 5.41) is 2.62. The van der Waals surface area contributed by atoms with E-state index < -0.39 is 33.6 Å². The number of halogens is 2. The molecule has 30 heavy (non-hydrogen) atoms. The van der Waals surface area contributed by atoms with Crippen LogP contribution in [-0.2, 0) is 14.8 Å². The summed E-state index contributed by atoms with van der Waals surface area (Å²) in [4.78, 5) is 12.1. The second-order valence-corrected chi connectivity index (χ2v) is 8.54. The molecule has 1 amide bonds. The Morgan fingerprint density at radius 2 is 1.80 bits per heavy atom. The van der Waals surface area contributed by atoms with Crippen LogP contribution in [0.15, 0.2) is 41.3 Å². The number of hydrogen-bond donors (Lipinski definition) is 2. The Morgan fingerprint density at radius 1 is 1.07 bits per heavy atom. The zero-order valence-electron chi connectivity index (χ0n) is 16.3. The first-order valence-corrected chi connectivity index (χ1v) is 10.9. The largest absolute Gasteiger partial charge is 0.490 e. The highest BCUT2D eigenvalue weighted by Crippen LogP contribution is 2.31. The van der Waals surface area contributed by atoms with Crippen LogP contribution in [-0.4, -0.2) is 34.1 Å². The number of benzene rings is 2. The van der Waals surface area contributed by atoms with E-state index in [2.05, 4.69) is 10.0 Å². The molecule has 0 spiro atoms. The third-order valence-corrected chi connectivity index (χ3v) is 5.95. The van der Waals surface area contributed by atoms with Crippen LogP contribution in [0.5, 0.6) is 11.5 Å². The molecule has 0 aliphatic carbocycles. The van der Waals surface area contributed by atoms with Crippen LogP contribution >= 0.6 is 0 Å². The van der Waals surface area contributed by atoms with E-state index >= 15 is 0 Å². The number of sulfonamides is 1. The summed E-state index contributed by atoms with van der Waals surface area (Å²) >= 11 is 0. The first kappa shape index (κ1) is 22.0. The number of nitrogens with one attached hydrogen (secondary N) is 2. The summed E-state index contributed by atoms with van der Waals surface area (Å²) in [6.45, 7) is 2.41. The number of carbonyl (C=O) groups excluding carboxylic acids is 1. The van der Waals surface area contributed by atoms with Crippen LogP contribution in [0.2, 0.25) is 0 Å². The Hall–Kier alpha value is -2.72. The minimum atomic E-state index is -3.85. The predicted octanol–water partition coefficient (Wildman–Crippen LogP) is 2.67. The fourth-order valence-corrected chi connectivity index (χ4v) is 3.92. The molecule has 3 rings (SSSR count). The van der Waals surface area contributed by atoms with Gasteiger partial charge in [0.1, 0.15) is 0 Å². The van der Waals surface area contributed by atoms with Crippen LogP contribution in [0.4, 0.5) is 8.78 Å². The van der Waals surface area contributed by atoms with Gasteiger partial charge in [-0.3, -0.25) is 4.79 Å². The molecule has 0 saturated heterocycles. The van der Waals surface area contributed by atoms with Gasteiger partial charge in [-0.15, -0.1) is 0 Å². The molecule has 1 aliphatic heterocycles. The lowest BCUT2D eigenvalue weighted by Crippen LogP contribution is -2.32. The Morgan fingerprint density at radius 3 is 2.53 bits per heavy atom. The first-order valence-electron chi connectivity index (χ1n) is 9.40. The maximum atomic E-state index is 13.3. The normalized spacial score (nSPS) is 14.6. The molecule has 1 atom stereocenters. The highest BCUT2D eigenvalue weighted by molar-refractivity contribution is 7.89. The van der Waals surface area contributed by atoms with E-state index in [1.165, 1.54) is 24.3 Å². The Balaban J connectivity index is 1.54. The van der Waals surface area contributed by atoms with E-state index in [0.717, 1.165) is 12.1 Å². The molecule has 0 aromatic heterocycles. The van der Waals surface area contributed by atoms with Crippen molar-refractivity contribution >= 4 is 15.9 Å². The van der Waals surface area contributed by atoms with Crippen molar-refractivity contribution in [2.45, 2.75) is 30.7 Å². The van der Waals surface area contributed by atoms with Crippen molar-refractivity contribution in [3.8, 4) is 11.5 Å². The molecule has 162 valence electrons. The molecule has 2 aromatic carbocycles. The van der Waals surface area contributed by atoms with Crippen molar-refractivity contribution in [3.63, 3.8) is 0 Å². The van der Waals surface area contributed by atoms with Gasteiger partial charge in [-0.1, -0.05) is 6.07 Å². The molecular weight excluding hydrogens is 418 g/mol. The first-order chi connectivity index (χ1) is 14.3. The van der Waals surface area contributed by atoms with E-state index in [1.807, 2.05) is 0 Å². The molecule has 0 radical (unpaired) electrons. The topological polar surface area (TPSA) is 93.7 Å². The maximum Gasteiger partial charge on any atom is 0.240 e. The van der Waals surface area contributed by atoms with Gasteiger partial charge in [-0.2, -0.15) is 0 Å². The van der Waals surface area contributed by atoms with Gasteiger partial charge in [0.05, 0.1) is 24.2 Å². The third kappa shape index (κ3) is 5.45. The summed E-state index contributed by atoms with van der Waals surface area (Å²) in [5.41, 5.74) is 0.398. The molecular formula is C20H22F2N2O5S. The van der Waals surface area contributed by atoms with Crippen molar-refractivity contribution in [2.24, 2.45) is 0 Å². The van der Waals surface area contributed by atoms with E-state index in [1.54, 1.807) is 6.92 Å². The lowest BCUT2D eigenvalue weighted by Gasteiger charge is -2.15. The molecule has 1 unspecified atom stereocenters. The fourth-order valence-electron chi connectivity index (χ4n) is 2.87. The summed E-state index contributed by atoms with van der Waals surface area (Å²) in [6, 6.07) is 7.12. The lowest BCUT2D eigenvalue weighted by atomic mass is 10.1. The van der Waals surface area contributed by atoms with E-state index in [9.17, 15) is 22.0 Å². The molecule has 2 N–H and O–H groups in total. The van der Waals surface area contributed by atoms with Crippen molar-refractivity contribution in [2.75, 3.05) is 19.8 Å². The average molecular weight is 440 g/mol. The maximum absolute atomic E-state index is 13.3. The fraction of sp³-hybridized carbons (Fsp3) is 0.350. The summed E-state index contributed by atoms with van der Waals surface area (Å²) in [7, 11) is -3.85. The van der Waals surface area contributed by atoms with Gasteiger partial charge in [0.2, 0.25) is 15.9 Å². The molecule has 10 heteroatoms. The van der Waals surface area contributed by atoms with E-state index in [-0.39, 0.29) is 17.9 Å². The smallest absolute Gasteiger partial charge is 0.240 e. The van der Waals surface area contributed by atoms with Crippen molar-refractivity contribution in [1.82, 2.24) is 10.0 Å². The predicted molar refractivity (Wildman–Crippen MR) is 105 cm³/mol. The summed E-state index contributed by atoms with van der Waals surface area (Å²) < 4.78 is 64.6. The number of fused-ring (bicyclic) bond motifs is 1. The van der Waals surface area contributed by atoms with Gasteiger partial charge < -0.3 is 14.8 Å². The molecule has 2 aromatic rings. The van der Waals surface area contributed by atoms with Gasteiger partial charge in [-0.05, 0) is 36.8 Å². The van der Waals surface area contributed by atoms with Crippen LogP contribution in [0.3, 0.4) is 0 Å². The number of rotatable bonds is 7. The number of ether oxygens (including phenoxy) is 2. The minimum absolute atomic E-state index is 0.00214. The molecule has 0 fully saturated rings. The molecule has 0 bridgehead atoms. The van der Waals surface area contributed by atoms with Gasteiger partial charge >= 0.3 is 0 Å². The number of amides is 1. The van der Waals surface area contributed by atoms with Gasteiger partial charge in [0.25, 0.3) is 0 Å². The van der Waals surface area contributed by atoms with Gasteiger partial charge in [0, 0.05) is 25.5 Å². The molecule has 1 aliphatic rings. The number of hydrogen-bond acceptors (Lipinski definition) is 5. The Bertz CT molecular complexity index is 1030. The van der Waals surface area contributed by atoms with E-state index in [0.29, 0.717) is 36.7 Å². The standard InChI is InChI=1S/C20H22F2N2O5S/c1-13(14-3-5-16(21)17(22)11-14)24-20(25)7-8-23-30(26,27)15-4-6-18-19(12-15)29-10-2-9-28-18/h3-6,11-13,23H,2,7-10H2,1H3,(H,24,25). The highest BCUT2D eigenvalue weighted by Gasteiger charge is 2.19. The van der Waals surface area contributed by atoms with Crippen molar-refractivity contribution < 1.29 is 31.5 Å². The summed E-state index contributed by atoms with van der Waals surface area (Å²) in [6.07, 6.45) is 0.574. The Kier molecular flexibility index (Phi) is 6.88. The van der Waals surface area contributed by atoms with Crippen molar-refractivity contribution in [1.29, 1.82) is 0 Å². The second-order valence-electron chi connectivity index (χ2n) is 6.77. The monoisotopic (exact) mass is 440 g/mol. The van der Waals surface area contributed by atoms with Crippen molar-refractivity contribution in [3.05, 3.63) is 53.6 Å². The molecule has 1 heterocycles. The zero-order valence-corrected chi connectivity index (χ0v) is 17.1. The Labute approximate surface area is 173 Å². The SMILES string of the molecule is CC(NC(=O)CCNS(=O)(=O)c1ccc2c(c1)OCCCO2)c1ccc(F)c(F)c1. The third-order valence-electron chi connectivity index (χ3n) is 4.49. The lowest BCUT2D eigenvalue weighted by molar-refractivity contribution is -0.121. The van der Waals surface area contributed by atoms with Gasteiger partial charge in [0.15, 0.2) is 23.1 Å². The van der Waals surface area contributed by atoms with Crippen LogP contribution < -0.4 is 19.5 Å². The quantitative estimate of drug-likeness (QED) is 0.691. The summed E-state index contributed by atoms with van der Waals surface area (Å²) in [5.74, 6) is -1.57. The van der Waals surface area contributed by atoms with Crippen LogP contribution in [0.1, 0.15) is 31.4 Å².